The summed E-state index contributed by atoms with van der Waals surface area (Å²) in [7, 11) is 1.96. The van der Waals surface area contributed by atoms with Crippen LogP contribution in [-0.4, -0.2) is 39.9 Å². The average Bonchev–Trinajstić information content (AvgIpc) is 2.85. The normalized spacial score (nSPS) is 30.7. The molecule has 3 heterocycles. The van der Waals surface area contributed by atoms with Crippen LogP contribution in [0.4, 0.5) is 5.82 Å². The van der Waals surface area contributed by atoms with Crippen molar-refractivity contribution in [1.82, 2.24) is 14.7 Å². The Morgan fingerprint density at radius 3 is 3.13 bits per heavy atom. The molecule has 4 heteroatoms. The Labute approximate surface area is 90.3 Å². The number of aryl methyl sites for hydroxylation is 1. The van der Waals surface area contributed by atoms with Gasteiger partial charge in [-0.1, -0.05) is 0 Å². The molecular weight excluding hydrogens is 188 g/mol. The second-order valence-electron chi connectivity index (χ2n) is 4.66. The van der Waals surface area contributed by atoms with E-state index in [0.29, 0.717) is 6.04 Å². The van der Waals surface area contributed by atoms with Crippen LogP contribution in [0.2, 0.25) is 0 Å². The molecule has 1 aromatic heterocycles. The minimum atomic E-state index is 0.613. The highest BCUT2D eigenvalue weighted by atomic mass is 15.3. The molecule has 2 saturated heterocycles. The van der Waals surface area contributed by atoms with E-state index in [1.165, 1.54) is 32.4 Å². The molecule has 0 aliphatic carbocycles. The van der Waals surface area contributed by atoms with Gasteiger partial charge in [0, 0.05) is 37.9 Å². The fraction of sp³-hybridized carbons (Fsp3) is 0.727. The highest BCUT2D eigenvalue weighted by molar-refractivity contribution is 5.34. The van der Waals surface area contributed by atoms with Crippen molar-refractivity contribution in [3.8, 4) is 0 Å². The van der Waals surface area contributed by atoms with Crippen LogP contribution in [0.1, 0.15) is 19.3 Å². The summed E-state index contributed by atoms with van der Waals surface area (Å²) in [4.78, 5) is 2.61. The van der Waals surface area contributed by atoms with E-state index < -0.39 is 0 Å². The lowest BCUT2D eigenvalue weighted by Gasteiger charge is -2.20. The van der Waals surface area contributed by atoms with Crippen LogP contribution >= 0.6 is 0 Å². The van der Waals surface area contributed by atoms with E-state index in [4.69, 9.17) is 0 Å². The lowest BCUT2D eigenvalue weighted by atomic mass is 10.1. The summed E-state index contributed by atoms with van der Waals surface area (Å²) < 4.78 is 1.85. The predicted octanol–water partition coefficient (Wildman–Crippen LogP) is 1.07. The molecule has 2 fully saturated rings. The van der Waals surface area contributed by atoms with Crippen molar-refractivity contribution in [2.75, 3.05) is 18.4 Å². The molecule has 0 saturated carbocycles. The van der Waals surface area contributed by atoms with Crippen molar-refractivity contribution >= 4 is 5.82 Å². The Balaban J connectivity index is 1.68. The minimum absolute atomic E-state index is 0.613. The van der Waals surface area contributed by atoms with E-state index in [2.05, 4.69) is 21.4 Å². The van der Waals surface area contributed by atoms with E-state index in [1.807, 2.05) is 17.9 Å². The maximum Gasteiger partial charge on any atom is 0.148 e. The second-order valence-corrected chi connectivity index (χ2v) is 4.66. The van der Waals surface area contributed by atoms with Crippen LogP contribution < -0.4 is 5.32 Å². The number of nitrogens with one attached hydrogen (secondary N) is 1. The summed E-state index contributed by atoms with van der Waals surface area (Å²) in [5.74, 6) is 1.02. The lowest BCUT2D eigenvalue weighted by molar-refractivity contribution is 0.318. The summed E-state index contributed by atoms with van der Waals surface area (Å²) in [6.07, 6.45) is 5.97. The number of fused-ring (bicyclic) bond motifs is 1. The fourth-order valence-corrected chi connectivity index (χ4v) is 2.93. The molecule has 2 unspecified atom stereocenters. The molecule has 0 radical (unpaired) electrons. The van der Waals surface area contributed by atoms with E-state index in [0.717, 1.165) is 11.9 Å². The Morgan fingerprint density at radius 1 is 1.40 bits per heavy atom. The first kappa shape index (κ1) is 9.21. The third-order valence-corrected chi connectivity index (χ3v) is 3.65. The van der Waals surface area contributed by atoms with Crippen molar-refractivity contribution in [3.63, 3.8) is 0 Å². The van der Waals surface area contributed by atoms with Crippen LogP contribution in [0, 0.1) is 0 Å². The number of hydrogen-bond acceptors (Lipinski definition) is 3. The molecule has 2 aliphatic rings. The molecule has 1 aromatic rings. The van der Waals surface area contributed by atoms with Crippen molar-refractivity contribution in [3.05, 3.63) is 12.3 Å². The molecule has 0 spiro atoms. The number of rotatable bonds is 2. The number of hydrogen-bond donors (Lipinski definition) is 1. The van der Waals surface area contributed by atoms with Gasteiger partial charge in [-0.3, -0.25) is 9.58 Å². The average molecular weight is 206 g/mol. The van der Waals surface area contributed by atoms with Crippen LogP contribution in [0.5, 0.6) is 0 Å². The summed E-state index contributed by atoms with van der Waals surface area (Å²) >= 11 is 0. The highest BCUT2D eigenvalue weighted by Gasteiger charge is 2.37. The van der Waals surface area contributed by atoms with Gasteiger partial charge in [-0.2, -0.15) is 5.10 Å². The molecule has 1 N–H and O–H groups in total. The molecule has 2 atom stereocenters. The Morgan fingerprint density at radius 2 is 2.33 bits per heavy atom. The molecule has 0 aromatic carbocycles. The molecule has 2 aliphatic heterocycles. The van der Waals surface area contributed by atoms with Crippen molar-refractivity contribution in [2.24, 2.45) is 7.05 Å². The van der Waals surface area contributed by atoms with E-state index in [9.17, 15) is 0 Å². The third-order valence-electron chi connectivity index (χ3n) is 3.65. The SMILES string of the molecule is Cn1ccc(NC2CCN3CCCC23)n1. The van der Waals surface area contributed by atoms with Gasteiger partial charge >= 0.3 is 0 Å². The topological polar surface area (TPSA) is 33.1 Å². The first-order valence-corrected chi connectivity index (χ1v) is 5.83. The van der Waals surface area contributed by atoms with Crippen LogP contribution in [-0.2, 0) is 7.05 Å². The van der Waals surface area contributed by atoms with Crippen LogP contribution in [0.3, 0.4) is 0 Å². The number of nitrogens with zero attached hydrogens (tertiary/aromatic N) is 3. The van der Waals surface area contributed by atoms with Gasteiger partial charge in [0.05, 0.1) is 0 Å². The van der Waals surface area contributed by atoms with Crippen molar-refractivity contribution in [1.29, 1.82) is 0 Å². The van der Waals surface area contributed by atoms with E-state index in [1.54, 1.807) is 0 Å². The monoisotopic (exact) mass is 206 g/mol. The molecule has 82 valence electrons. The number of aromatic nitrogens is 2. The predicted molar refractivity (Wildman–Crippen MR) is 59.8 cm³/mol. The number of anilines is 1. The van der Waals surface area contributed by atoms with Gasteiger partial charge in [0.15, 0.2) is 0 Å². The zero-order chi connectivity index (χ0) is 10.3. The maximum atomic E-state index is 4.38. The van der Waals surface area contributed by atoms with Gasteiger partial charge in [-0.05, 0) is 25.8 Å². The van der Waals surface area contributed by atoms with Gasteiger partial charge in [-0.15, -0.1) is 0 Å². The van der Waals surface area contributed by atoms with Crippen LogP contribution in [0.25, 0.3) is 0 Å². The quantitative estimate of drug-likeness (QED) is 0.785. The Kier molecular flexibility index (Phi) is 2.16. The molecule has 0 amide bonds. The molecule has 3 rings (SSSR count). The Bertz CT molecular complexity index is 346. The van der Waals surface area contributed by atoms with Gasteiger partial charge in [-0.25, -0.2) is 0 Å². The largest absolute Gasteiger partial charge is 0.364 e. The van der Waals surface area contributed by atoms with Gasteiger partial charge in [0.1, 0.15) is 5.82 Å². The van der Waals surface area contributed by atoms with Gasteiger partial charge < -0.3 is 5.32 Å². The minimum Gasteiger partial charge on any atom is -0.364 e. The van der Waals surface area contributed by atoms with Crippen LogP contribution in [0.15, 0.2) is 12.3 Å². The standard InChI is InChI=1S/C11H18N4/c1-14-7-5-11(13-14)12-9-4-8-15-6-2-3-10(9)15/h5,7,9-10H,2-4,6,8H2,1H3,(H,12,13). The summed E-state index contributed by atoms with van der Waals surface area (Å²) in [5.41, 5.74) is 0. The zero-order valence-electron chi connectivity index (χ0n) is 9.19. The van der Waals surface area contributed by atoms with Crippen molar-refractivity contribution in [2.45, 2.75) is 31.3 Å². The third kappa shape index (κ3) is 1.63. The van der Waals surface area contributed by atoms with E-state index >= 15 is 0 Å². The van der Waals surface area contributed by atoms with Gasteiger partial charge in [0.2, 0.25) is 0 Å². The molecule has 0 bridgehead atoms. The van der Waals surface area contributed by atoms with Crippen molar-refractivity contribution < 1.29 is 0 Å². The second kappa shape index (κ2) is 3.52. The summed E-state index contributed by atoms with van der Waals surface area (Å²) in [6, 6.07) is 3.42. The summed E-state index contributed by atoms with van der Waals surface area (Å²) in [5, 5.41) is 7.93. The molecular formula is C11H18N4. The maximum absolute atomic E-state index is 4.38. The first-order valence-electron chi connectivity index (χ1n) is 5.83. The first-order chi connectivity index (χ1) is 7.33. The Hall–Kier alpha value is -1.03. The smallest absolute Gasteiger partial charge is 0.148 e. The fourth-order valence-electron chi connectivity index (χ4n) is 2.93. The summed E-state index contributed by atoms with van der Waals surface area (Å²) in [6.45, 7) is 2.56. The van der Waals surface area contributed by atoms with E-state index in [-0.39, 0.29) is 0 Å². The molecule has 4 nitrogen and oxygen atoms in total. The molecule has 15 heavy (non-hydrogen) atoms. The highest BCUT2D eigenvalue weighted by Crippen LogP contribution is 2.29. The van der Waals surface area contributed by atoms with Gasteiger partial charge in [0.25, 0.3) is 0 Å². The lowest BCUT2D eigenvalue weighted by Crippen LogP contribution is -2.33. The zero-order valence-corrected chi connectivity index (χ0v) is 9.19.